The van der Waals surface area contributed by atoms with Crippen molar-refractivity contribution in [2.24, 2.45) is 5.16 Å². The van der Waals surface area contributed by atoms with Crippen LogP contribution in [0.25, 0.3) is 0 Å². The lowest BCUT2D eigenvalue weighted by molar-refractivity contribution is 0.104. The van der Waals surface area contributed by atoms with E-state index in [0.717, 1.165) is 0 Å². The zero-order valence-corrected chi connectivity index (χ0v) is 9.85. The summed E-state index contributed by atoms with van der Waals surface area (Å²) in [5, 5.41) is 21.1. The summed E-state index contributed by atoms with van der Waals surface area (Å²) in [6, 6.07) is 3.93. The van der Waals surface area contributed by atoms with Gasteiger partial charge in [-0.25, -0.2) is 4.39 Å². The number of oxime groups is 1. The predicted molar refractivity (Wildman–Crippen MR) is 62.2 cm³/mol. The first-order valence-electron chi connectivity index (χ1n) is 5.38. The van der Waals surface area contributed by atoms with Crippen LogP contribution in [0, 0.1) is 5.82 Å². The molecule has 0 spiro atoms. The highest BCUT2D eigenvalue weighted by molar-refractivity contribution is 6.00. The highest BCUT2D eigenvalue weighted by Crippen LogP contribution is 2.21. The quantitative estimate of drug-likeness (QED) is 0.472. The van der Waals surface area contributed by atoms with Crippen LogP contribution in [-0.4, -0.2) is 28.7 Å². The van der Waals surface area contributed by atoms with E-state index in [1.807, 2.05) is 6.92 Å². The summed E-state index contributed by atoms with van der Waals surface area (Å²) in [4.78, 5) is 0. The first kappa shape index (κ1) is 13.4. The topological polar surface area (TPSA) is 62.0 Å². The van der Waals surface area contributed by atoms with Gasteiger partial charge in [0.25, 0.3) is 0 Å². The molecule has 17 heavy (non-hydrogen) atoms. The Morgan fingerprint density at radius 3 is 2.82 bits per heavy atom. The normalized spacial score (nSPS) is 13.5. The molecule has 1 atom stereocenters. The predicted octanol–water partition coefficient (Wildman–Crippen LogP) is 2.17. The summed E-state index contributed by atoms with van der Waals surface area (Å²) in [7, 11) is 0. The Labute approximate surface area is 99.3 Å². The third-order valence-electron chi connectivity index (χ3n) is 2.39. The third kappa shape index (κ3) is 3.71. The molecule has 5 heteroatoms. The molecule has 0 aromatic heterocycles. The van der Waals surface area contributed by atoms with Gasteiger partial charge in [-0.05, 0) is 25.5 Å². The average Bonchev–Trinajstić information content (AvgIpc) is 2.35. The molecule has 0 aliphatic carbocycles. The highest BCUT2D eigenvalue weighted by Gasteiger charge is 2.10. The Hall–Kier alpha value is -1.62. The van der Waals surface area contributed by atoms with Gasteiger partial charge in [-0.3, -0.25) is 0 Å². The number of aliphatic hydroxyl groups is 1. The number of aliphatic hydroxyl groups excluding tert-OH is 1. The SMILES string of the molecule is CCC(O)COc1cc(F)ccc1C(C)=NO. The van der Waals surface area contributed by atoms with Crippen LogP contribution in [0.5, 0.6) is 5.75 Å². The maximum absolute atomic E-state index is 13.1. The van der Waals surface area contributed by atoms with Crippen LogP contribution in [0.1, 0.15) is 25.8 Å². The Morgan fingerprint density at radius 2 is 2.24 bits per heavy atom. The van der Waals surface area contributed by atoms with Crippen molar-refractivity contribution in [3.63, 3.8) is 0 Å². The first-order chi connectivity index (χ1) is 8.08. The van der Waals surface area contributed by atoms with Crippen LogP contribution in [0.3, 0.4) is 0 Å². The first-order valence-corrected chi connectivity index (χ1v) is 5.38. The molecule has 2 N–H and O–H groups in total. The van der Waals surface area contributed by atoms with Crippen molar-refractivity contribution in [1.29, 1.82) is 0 Å². The number of rotatable bonds is 5. The van der Waals surface area contributed by atoms with E-state index in [1.54, 1.807) is 6.92 Å². The number of ether oxygens (including phenoxy) is 1. The molecule has 1 aromatic rings. The second-order valence-corrected chi connectivity index (χ2v) is 3.70. The molecule has 0 amide bonds. The minimum Gasteiger partial charge on any atom is -0.490 e. The monoisotopic (exact) mass is 241 g/mol. The molecule has 0 bridgehead atoms. The summed E-state index contributed by atoms with van der Waals surface area (Å²) in [5.74, 6) is -0.187. The molecule has 0 fully saturated rings. The zero-order valence-electron chi connectivity index (χ0n) is 9.85. The van der Waals surface area contributed by atoms with Crippen LogP contribution in [-0.2, 0) is 0 Å². The van der Waals surface area contributed by atoms with Gasteiger partial charge in [-0.1, -0.05) is 12.1 Å². The van der Waals surface area contributed by atoms with Crippen molar-refractivity contribution in [1.82, 2.24) is 0 Å². The maximum atomic E-state index is 13.1. The van der Waals surface area contributed by atoms with Crippen LogP contribution in [0.4, 0.5) is 4.39 Å². The largest absolute Gasteiger partial charge is 0.490 e. The third-order valence-corrected chi connectivity index (χ3v) is 2.39. The summed E-state index contributed by atoms with van der Waals surface area (Å²) >= 11 is 0. The molecule has 1 unspecified atom stereocenters. The van der Waals surface area contributed by atoms with Gasteiger partial charge in [0.1, 0.15) is 18.2 Å². The Balaban J connectivity index is 2.91. The lowest BCUT2D eigenvalue weighted by Crippen LogP contribution is -2.17. The lowest BCUT2D eigenvalue weighted by Gasteiger charge is -2.13. The van der Waals surface area contributed by atoms with E-state index in [4.69, 9.17) is 9.94 Å². The van der Waals surface area contributed by atoms with Crippen LogP contribution >= 0.6 is 0 Å². The maximum Gasteiger partial charge on any atom is 0.131 e. The summed E-state index contributed by atoms with van der Waals surface area (Å²) in [6.45, 7) is 3.48. The smallest absolute Gasteiger partial charge is 0.131 e. The number of halogens is 1. The van der Waals surface area contributed by atoms with Crippen molar-refractivity contribution >= 4 is 5.71 Å². The molecule has 0 aliphatic rings. The number of hydrogen-bond acceptors (Lipinski definition) is 4. The second-order valence-electron chi connectivity index (χ2n) is 3.70. The van der Waals surface area contributed by atoms with Gasteiger partial charge in [0.15, 0.2) is 0 Å². The van der Waals surface area contributed by atoms with Gasteiger partial charge >= 0.3 is 0 Å². The van der Waals surface area contributed by atoms with Gasteiger partial charge in [0.2, 0.25) is 0 Å². The minimum atomic E-state index is -0.600. The molecule has 4 nitrogen and oxygen atoms in total. The average molecular weight is 241 g/mol. The molecule has 0 aliphatic heterocycles. The molecule has 0 heterocycles. The Morgan fingerprint density at radius 1 is 1.53 bits per heavy atom. The fraction of sp³-hybridized carbons (Fsp3) is 0.417. The minimum absolute atomic E-state index is 0.0751. The van der Waals surface area contributed by atoms with E-state index in [2.05, 4.69) is 5.16 Å². The lowest BCUT2D eigenvalue weighted by atomic mass is 10.1. The molecule has 1 rings (SSSR count). The number of benzene rings is 1. The van der Waals surface area contributed by atoms with E-state index in [-0.39, 0.29) is 12.4 Å². The van der Waals surface area contributed by atoms with Crippen LogP contribution in [0.15, 0.2) is 23.4 Å². The van der Waals surface area contributed by atoms with E-state index in [9.17, 15) is 9.50 Å². The van der Waals surface area contributed by atoms with Crippen molar-refractivity contribution in [3.05, 3.63) is 29.6 Å². The van der Waals surface area contributed by atoms with Crippen molar-refractivity contribution in [3.8, 4) is 5.75 Å². The zero-order chi connectivity index (χ0) is 12.8. The second kappa shape index (κ2) is 6.20. The Kier molecular flexibility index (Phi) is 4.90. The fourth-order valence-electron chi connectivity index (χ4n) is 1.27. The van der Waals surface area contributed by atoms with E-state index < -0.39 is 11.9 Å². The van der Waals surface area contributed by atoms with E-state index in [1.165, 1.54) is 18.2 Å². The number of nitrogens with zero attached hydrogens (tertiary/aromatic N) is 1. The molecular formula is C12H16FNO3. The van der Waals surface area contributed by atoms with Gasteiger partial charge in [-0.15, -0.1) is 0 Å². The van der Waals surface area contributed by atoms with Crippen molar-refractivity contribution in [2.75, 3.05) is 6.61 Å². The van der Waals surface area contributed by atoms with Crippen molar-refractivity contribution in [2.45, 2.75) is 26.4 Å². The van der Waals surface area contributed by atoms with E-state index in [0.29, 0.717) is 17.7 Å². The Bertz CT molecular complexity index is 407. The number of hydrogen-bond donors (Lipinski definition) is 2. The fourth-order valence-corrected chi connectivity index (χ4v) is 1.27. The van der Waals surface area contributed by atoms with Gasteiger partial charge < -0.3 is 15.1 Å². The molecule has 0 saturated heterocycles. The van der Waals surface area contributed by atoms with Crippen LogP contribution < -0.4 is 4.74 Å². The highest BCUT2D eigenvalue weighted by atomic mass is 19.1. The molecule has 0 radical (unpaired) electrons. The molecule has 94 valence electrons. The standard InChI is InChI=1S/C12H16FNO3/c1-3-10(15)7-17-12-6-9(13)4-5-11(12)8(2)14-16/h4-6,10,15-16H,3,7H2,1-2H3. The van der Waals surface area contributed by atoms with Gasteiger partial charge in [-0.2, -0.15) is 0 Å². The van der Waals surface area contributed by atoms with Crippen LogP contribution in [0.2, 0.25) is 0 Å². The summed E-state index contributed by atoms with van der Waals surface area (Å²) < 4.78 is 18.4. The van der Waals surface area contributed by atoms with Gasteiger partial charge in [0.05, 0.1) is 11.8 Å². The summed E-state index contributed by atoms with van der Waals surface area (Å²) in [5.41, 5.74) is 0.822. The molecule has 1 aromatic carbocycles. The summed E-state index contributed by atoms with van der Waals surface area (Å²) in [6.07, 6.45) is -0.0463. The van der Waals surface area contributed by atoms with E-state index >= 15 is 0 Å². The molecule has 0 saturated carbocycles. The van der Waals surface area contributed by atoms with Gasteiger partial charge in [0, 0.05) is 11.6 Å². The van der Waals surface area contributed by atoms with Crippen molar-refractivity contribution < 1.29 is 19.4 Å². The molecular weight excluding hydrogens is 225 g/mol.